The number of anilines is 1. The normalized spacial score (nSPS) is 32.5. The number of nitrogens with zero attached hydrogens (tertiary/aromatic N) is 1. The fourth-order valence-electron chi connectivity index (χ4n) is 4.38. The number of ether oxygens (including phenoxy) is 1. The van der Waals surface area contributed by atoms with Crippen LogP contribution >= 0.6 is 0 Å². The number of imide groups is 1. The fourth-order valence-corrected chi connectivity index (χ4v) is 4.38. The number of fused-ring (bicyclic) bond motifs is 3. The number of carbonyl (C=O) groups excluding carboxylic acids is 2. The number of benzene rings is 1. The molecule has 2 bridgehead atoms. The summed E-state index contributed by atoms with van der Waals surface area (Å²) in [5.74, 6) is 1.10. The molecule has 0 aromatic heterocycles. The first-order valence-corrected chi connectivity index (χ1v) is 7.75. The lowest BCUT2D eigenvalue weighted by Gasteiger charge is -2.28. The number of hydrogen-bond acceptors (Lipinski definition) is 3. The average molecular weight is 297 g/mol. The molecule has 0 N–H and O–H groups in total. The van der Waals surface area contributed by atoms with Gasteiger partial charge in [-0.3, -0.25) is 9.59 Å². The Morgan fingerprint density at radius 1 is 1.27 bits per heavy atom. The van der Waals surface area contributed by atoms with E-state index in [2.05, 4.69) is 12.2 Å². The molecule has 22 heavy (non-hydrogen) atoms. The van der Waals surface area contributed by atoms with Crippen LogP contribution in [0.5, 0.6) is 5.75 Å². The van der Waals surface area contributed by atoms with E-state index >= 15 is 0 Å². The molecule has 1 aliphatic heterocycles. The molecule has 3 unspecified atom stereocenters. The van der Waals surface area contributed by atoms with Crippen molar-refractivity contribution in [2.45, 2.75) is 26.2 Å². The van der Waals surface area contributed by atoms with Crippen molar-refractivity contribution in [2.75, 3.05) is 12.0 Å². The first-order valence-electron chi connectivity index (χ1n) is 7.75. The maximum Gasteiger partial charge on any atom is 0.241 e. The topological polar surface area (TPSA) is 46.6 Å². The van der Waals surface area contributed by atoms with E-state index in [1.807, 2.05) is 25.1 Å². The molecule has 4 rings (SSSR count). The molecule has 4 nitrogen and oxygen atoms in total. The van der Waals surface area contributed by atoms with E-state index in [0.29, 0.717) is 23.8 Å². The van der Waals surface area contributed by atoms with Crippen LogP contribution in [-0.4, -0.2) is 18.9 Å². The zero-order valence-corrected chi connectivity index (χ0v) is 12.8. The Morgan fingerprint density at radius 3 is 2.73 bits per heavy atom. The molecule has 114 valence electrons. The summed E-state index contributed by atoms with van der Waals surface area (Å²) in [7, 11) is 1.56. The largest absolute Gasteiger partial charge is 0.495 e. The molecule has 2 fully saturated rings. The van der Waals surface area contributed by atoms with Crippen LogP contribution in [0.4, 0.5) is 5.69 Å². The maximum absolute atomic E-state index is 13.1. The highest BCUT2D eigenvalue weighted by molar-refractivity contribution is 6.23. The van der Waals surface area contributed by atoms with Crippen molar-refractivity contribution in [1.82, 2.24) is 0 Å². The molecule has 1 aromatic carbocycles. The third-order valence-corrected chi connectivity index (χ3v) is 5.43. The monoisotopic (exact) mass is 297 g/mol. The van der Waals surface area contributed by atoms with E-state index < -0.39 is 5.41 Å². The van der Waals surface area contributed by atoms with E-state index in [1.165, 1.54) is 4.90 Å². The van der Waals surface area contributed by atoms with Crippen LogP contribution in [0.15, 0.2) is 30.4 Å². The van der Waals surface area contributed by atoms with Crippen molar-refractivity contribution in [1.29, 1.82) is 0 Å². The van der Waals surface area contributed by atoms with Gasteiger partial charge in [-0.05, 0) is 49.3 Å². The van der Waals surface area contributed by atoms with Crippen molar-refractivity contribution in [3.8, 4) is 5.75 Å². The van der Waals surface area contributed by atoms with Gasteiger partial charge in [0.15, 0.2) is 0 Å². The van der Waals surface area contributed by atoms with Crippen LogP contribution in [0.25, 0.3) is 0 Å². The molecule has 1 saturated heterocycles. The average Bonchev–Trinajstić information content (AvgIpc) is 3.14. The molecule has 1 aromatic rings. The van der Waals surface area contributed by atoms with Crippen LogP contribution < -0.4 is 9.64 Å². The van der Waals surface area contributed by atoms with Gasteiger partial charge in [0, 0.05) is 6.42 Å². The van der Waals surface area contributed by atoms with Gasteiger partial charge in [0.2, 0.25) is 11.8 Å². The molecule has 1 spiro atoms. The number of allylic oxidation sites excluding steroid dienone is 2. The van der Waals surface area contributed by atoms with E-state index in [-0.39, 0.29) is 17.7 Å². The van der Waals surface area contributed by atoms with Crippen molar-refractivity contribution in [3.05, 3.63) is 35.9 Å². The third kappa shape index (κ3) is 1.64. The molecular weight excluding hydrogens is 278 g/mol. The van der Waals surface area contributed by atoms with Crippen LogP contribution in [0.1, 0.15) is 24.8 Å². The van der Waals surface area contributed by atoms with Crippen LogP contribution in [0.3, 0.4) is 0 Å². The number of amides is 2. The summed E-state index contributed by atoms with van der Waals surface area (Å²) in [6.07, 6.45) is 6.48. The molecule has 2 aliphatic carbocycles. The molecule has 1 heterocycles. The van der Waals surface area contributed by atoms with Crippen LogP contribution in [-0.2, 0) is 9.59 Å². The fraction of sp³-hybridized carbons (Fsp3) is 0.444. The summed E-state index contributed by atoms with van der Waals surface area (Å²) in [5, 5.41) is 0. The Labute approximate surface area is 129 Å². The molecule has 2 amide bonds. The maximum atomic E-state index is 13.1. The van der Waals surface area contributed by atoms with Gasteiger partial charge in [-0.1, -0.05) is 18.2 Å². The summed E-state index contributed by atoms with van der Waals surface area (Å²) >= 11 is 0. The predicted octanol–water partition coefficient (Wildman–Crippen LogP) is 2.85. The van der Waals surface area contributed by atoms with E-state index in [9.17, 15) is 9.59 Å². The minimum Gasteiger partial charge on any atom is -0.495 e. The SMILES string of the molecule is COc1ccc(C)cc1N1C(=O)CC2(CC3C=CC2C3)C1=O. The lowest BCUT2D eigenvalue weighted by atomic mass is 9.74. The molecule has 4 heteroatoms. The minimum atomic E-state index is -0.509. The highest BCUT2D eigenvalue weighted by Crippen LogP contribution is 2.58. The van der Waals surface area contributed by atoms with Gasteiger partial charge in [-0.2, -0.15) is 0 Å². The van der Waals surface area contributed by atoms with Gasteiger partial charge in [0.25, 0.3) is 0 Å². The van der Waals surface area contributed by atoms with Crippen LogP contribution in [0.2, 0.25) is 0 Å². The second-order valence-electron chi connectivity index (χ2n) is 6.73. The van der Waals surface area contributed by atoms with Gasteiger partial charge in [0.1, 0.15) is 5.75 Å². The Bertz CT molecular complexity index is 708. The van der Waals surface area contributed by atoms with E-state index in [1.54, 1.807) is 7.11 Å². The zero-order valence-electron chi connectivity index (χ0n) is 12.8. The molecule has 3 atom stereocenters. The Morgan fingerprint density at radius 2 is 2.09 bits per heavy atom. The summed E-state index contributed by atoms with van der Waals surface area (Å²) < 4.78 is 5.36. The van der Waals surface area contributed by atoms with E-state index in [4.69, 9.17) is 4.74 Å². The third-order valence-electron chi connectivity index (χ3n) is 5.43. The lowest BCUT2D eigenvalue weighted by Crippen LogP contribution is -2.38. The van der Waals surface area contributed by atoms with Crippen molar-refractivity contribution in [2.24, 2.45) is 17.3 Å². The second-order valence-corrected chi connectivity index (χ2v) is 6.73. The standard InChI is InChI=1S/C18H19NO3/c1-11-3-6-15(22-2)14(7-11)19-16(20)10-18(17(19)21)9-12-4-5-13(18)8-12/h3-7,12-13H,8-10H2,1-2H3. The predicted molar refractivity (Wildman–Crippen MR) is 82.6 cm³/mol. The van der Waals surface area contributed by atoms with Gasteiger partial charge in [0.05, 0.1) is 18.2 Å². The molecule has 3 aliphatic rings. The van der Waals surface area contributed by atoms with Gasteiger partial charge in [-0.15, -0.1) is 0 Å². The number of aryl methyl sites for hydroxylation is 1. The van der Waals surface area contributed by atoms with Gasteiger partial charge >= 0.3 is 0 Å². The van der Waals surface area contributed by atoms with Crippen LogP contribution in [0, 0.1) is 24.2 Å². The Hall–Kier alpha value is -2.10. The van der Waals surface area contributed by atoms with Gasteiger partial charge < -0.3 is 4.74 Å². The second kappa shape index (κ2) is 4.45. The smallest absolute Gasteiger partial charge is 0.241 e. The first-order chi connectivity index (χ1) is 10.5. The molecule has 1 saturated carbocycles. The summed E-state index contributed by atoms with van der Waals surface area (Å²) in [5.41, 5.74) is 1.08. The molecular formula is C18H19NO3. The summed E-state index contributed by atoms with van der Waals surface area (Å²) in [4.78, 5) is 27.1. The highest BCUT2D eigenvalue weighted by atomic mass is 16.5. The number of hydrogen-bond donors (Lipinski definition) is 0. The Kier molecular flexibility index (Phi) is 2.74. The zero-order chi connectivity index (χ0) is 15.5. The minimum absolute atomic E-state index is 0.0433. The number of carbonyl (C=O) groups is 2. The Balaban J connectivity index is 1.78. The lowest BCUT2D eigenvalue weighted by molar-refractivity contribution is -0.126. The van der Waals surface area contributed by atoms with E-state index in [0.717, 1.165) is 18.4 Å². The van der Waals surface area contributed by atoms with Crippen molar-refractivity contribution in [3.63, 3.8) is 0 Å². The summed E-state index contributed by atoms with van der Waals surface area (Å²) in [6, 6.07) is 5.59. The molecule has 0 radical (unpaired) electrons. The van der Waals surface area contributed by atoms with Gasteiger partial charge in [-0.25, -0.2) is 4.90 Å². The first kappa shape index (κ1) is 13.6. The van der Waals surface area contributed by atoms with Crippen molar-refractivity contribution < 1.29 is 14.3 Å². The quantitative estimate of drug-likeness (QED) is 0.623. The number of rotatable bonds is 2. The number of methoxy groups -OCH3 is 1. The highest BCUT2D eigenvalue weighted by Gasteiger charge is 2.61. The summed E-state index contributed by atoms with van der Waals surface area (Å²) in [6.45, 7) is 1.95. The van der Waals surface area contributed by atoms with Crippen molar-refractivity contribution >= 4 is 17.5 Å².